The number of anilines is 1. The molecule has 1 aromatic carbocycles. The third-order valence-electron chi connectivity index (χ3n) is 3.37. The van der Waals surface area contributed by atoms with Crippen molar-refractivity contribution in [2.24, 2.45) is 0 Å². The van der Waals surface area contributed by atoms with E-state index in [1.807, 2.05) is 25.1 Å². The Hall–Kier alpha value is -3.01. The van der Waals surface area contributed by atoms with Crippen molar-refractivity contribution in [2.45, 2.75) is 13.1 Å². The lowest BCUT2D eigenvalue weighted by molar-refractivity contribution is -0.138. The van der Waals surface area contributed by atoms with E-state index in [1.54, 1.807) is 12.1 Å². The molecule has 26 heavy (non-hydrogen) atoms. The van der Waals surface area contributed by atoms with Crippen LogP contribution in [-0.2, 0) is 6.18 Å². The normalized spacial score (nSPS) is 11.4. The van der Waals surface area contributed by atoms with E-state index in [4.69, 9.17) is 0 Å². The van der Waals surface area contributed by atoms with Crippen LogP contribution in [0.4, 0.5) is 18.3 Å². The minimum atomic E-state index is -4.65. The molecule has 0 saturated heterocycles. The smallest absolute Gasteiger partial charge is 0.321 e. The maximum atomic E-state index is 12.5. The van der Waals surface area contributed by atoms with Crippen molar-refractivity contribution in [3.8, 4) is 11.3 Å². The first kappa shape index (κ1) is 17.8. The van der Waals surface area contributed by atoms with Gasteiger partial charge in [0.15, 0.2) is 0 Å². The highest BCUT2D eigenvalue weighted by Crippen LogP contribution is 2.33. The lowest BCUT2D eigenvalue weighted by Crippen LogP contribution is -2.23. The molecule has 6 nitrogen and oxygen atoms in total. The van der Waals surface area contributed by atoms with Crippen LogP contribution in [0.3, 0.4) is 0 Å². The molecule has 0 radical (unpaired) electrons. The molecule has 0 aliphatic carbocycles. The van der Waals surface area contributed by atoms with Crippen molar-refractivity contribution in [3.63, 3.8) is 0 Å². The van der Waals surface area contributed by atoms with Crippen LogP contribution < -0.4 is 10.9 Å². The van der Waals surface area contributed by atoms with E-state index in [1.165, 1.54) is 6.07 Å². The van der Waals surface area contributed by atoms with Gasteiger partial charge in [-0.15, -0.1) is 10.2 Å². The number of amides is 1. The topological polar surface area (TPSA) is 87.7 Å². The van der Waals surface area contributed by atoms with Gasteiger partial charge in [-0.3, -0.25) is 14.9 Å². The number of nitrogens with zero attached hydrogens (tertiary/aromatic N) is 2. The van der Waals surface area contributed by atoms with Crippen LogP contribution in [0.5, 0.6) is 0 Å². The van der Waals surface area contributed by atoms with Gasteiger partial charge >= 0.3 is 6.18 Å². The summed E-state index contributed by atoms with van der Waals surface area (Å²) in [5, 5.41) is 6.84. The van der Waals surface area contributed by atoms with Crippen LogP contribution in [-0.4, -0.2) is 21.1 Å². The molecule has 3 rings (SSSR count). The van der Waals surface area contributed by atoms with E-state index in [0.717, 1.165) is 11.1 Å². The molecule has 0 aliphatic heterocycles. The number of hydrogen-bond acceptors (Lipinski definition) is 5. The summed E-state index contributed by atoms with van der Waals surface area (Å²) < 4.78 is 37.5. The minimum absolute atomic E-state index is 0.179. The Bertz CT molecular complexity index is 1030. The molecule has 0 aliphatic rings. The van der Waals surface area contributed by atoms with Crippen LogP contribution in [0.15, 0.2) is 41.2 Å². The number of hydrogen-bond donors (Lipinski definition) is 2. The van der Waals surface area contributed by atoms with E-state index in [0.29, 0.717) is 5.69 Å². The molecule has 0 fully saturated rings. The zero-order valence-corrected chi connectivity index (χ0v) is 14.0. The Morgan fingerprint density at radius 2 is 1.96 bits per heavy atom. The lowest BCUT2D eigenvalue weighted by Gasteiger charge is -2.05. The number of carbonyl (C=O) groups is 1. The fourth-order valence-corrected chi connectivity index (χ4v) is 2.79. The van der Waals surface area contributed by atoms with Gasteiger partial charge < -0.3 is 4.98 Å². The van der Waals surface area contributed by atoms with Crippen molar-refractivity contribution < 1.29 is 18.0 Å². The number of aryl methyl sites for hydroxylation is 1. The summed E-state index contributed by atoms with van der Waals surface area (Å²) in [6.45, 7) is 1.90. The number of halogens is 3. The summed E-state index contributed by atoms with van der Waals surface area (Å²) in [6, 6.07) is 10.3. The summed E-state index contributed by atoms with van der Waals surface area (Å²) in [4.78, 5) is 26.9. The third-order valence-corrected chi connectivity index (χ3v) is 4.25. The predicted octanol–water partition coefficient (Wildman–Crippen LogP) is 3.47. The van der Waals surface area contributed by atoms with Gasteiger partial charge in [0, 0.05) is 5.69 Å². The average Bonchev–Trinajstić information content (AvgIpc) is 3.03. The first-order valence-electron chi connectivity index (χ1n) is 7.26. The van der Waals surface area contributed by atoms with Crippen LogP contribution in [0.25, 0.3) is 11.3 Å². The number of carbonyl (C=O) groups excluding carboxylic acids is 1. The molecular weight excluding hydrogens is 369 g/mol. The van der Waals surface area contributed by atoms with Crippen molar-refractivity contribution in [1.29, 1.82) is 0 Å². The molecule has 0 bridgehead atoms. The summed E-state index contributed by atoms with van der Waals surface area (Å²) in [5.74, 6) is -0.869. The maximum Gasteiger partial charge on any atom is 0.445 e. The van der Waals surface area contributed by atoms with E-state index in [-0.39, 0.29) is 22.0 Å². The van der Waals surface area contributed by atoms with Crippen LogP contribution in [0.2, 0.25) is 0 Å². The zero-order chi connectivity index (χ0) is 18.9. The number of H-pyrrole nitrogens is 1. The zero-order valence-electron chi connectivity index (χ0n) is 13.2. The summed E-state index contributed by atoms with van der Waals surface area (Å²) in [6.07, 6.45) is -4.65. The maximum absolute atomic E-state index is 12.5. The fraction of sp³-hybridized carbons (Fsp3) is 0.125. The number of aromatic amines is 1. The first-order valence-corrected chi connectivity index (χ1v) is 8.08. The Labute approximate surface area is 148 Å². The predicted molar refractivity (Wildman–Crippen MR) is 90.1 cm³/mol. The lowest BCUT2D eigenvalue weighted by atomic mass is 10.1. The van der Waals surface area contributed by atoms with Crippen LogP contribution in [0.1, 0.15) is 20.9 Å². The molecule has 2 heterocycles. The summed E-state index contributed by atoms with van der Waals surface area (Å²) >= 11 is 0.179. The number of rotatable bonds is 3. The average molecular weight is 380 g/mol. The monoisotopic (exact) mass is 380 g/mol. The standard InChI is InChI=1S/C16H11F3N4O2S/c1-8-3-2-4-9(7-8)11-6-5-10(12(24)20-11)13(25)21-15-23-22-14(26-15)16(17,18)19/h2-7H,1H3,(H,20,24)(H,21,23,25). The van der Waals surface area contributed by atoms with Gasteiger partial charge in [0.2, 0.25) is 10.1 Å². The summed E-state index contributed by atoms with van der Waals surface area (Å²) in [7, 11) is 0. The highest BCUT2D eigenvalue weighted by atomic mass is 32.1. The van der Waals surface area contributed by atoms with Gasteiger partial charge in [-0.05, 0) is 30.7 Å². The molecular formula is C16H11F3N4O2S. The van der Waals surface area contributed by atoms with E-state index in [9.17, 15) is 22.8 Å². The number of alkyl halides is 3. The third kappa shape index (κ3) is 3.80. The second-order valence-corrected chi connectivity index (χ2v) is 6.33. The largest absolute Gasteiger partial charge is 0.445 e. The molecule has 0 spiro atoms. The summed E-state index contributed by atoms with van der Waals surface area (Å²) in [5.41, 5.74) is 1.38. The Morgan fingerprint density at radius 1 is 1.19 bits per heavy atom. The molecule has 3 aromatic rings. The second-order valence-electron chi connectivity index (χ2n) is 5.35. The van der Waals surface area contributed by atoms with Gasteiger partial charge in [0.25, 0.3) is 11.5 Å². The molecule has 0 unspecified atom stereocenters. The van der Waals surface area contributed by atoms with Gasteiger partial charge in [0.1, 0.15) is 5.56 Å². The number of nitrogens with one attached hydrogen (secondary N) is 2. The molecule has 134 valence electrons. The first-order chi connectivity index (χ1) is 12.2. The fourth-order valence-electron chi connectivity index (χ4n) is 2.19. The van der Waals surface area contributed by atoms with Crippen molar-refractivity contribution in [2.75, 3.05) is 5.32 Å². The Balaban J connectivity index is 1.82. The molecule has 10 heteroatoms. The number of benzene rings is 1. The van der Waals surface area contributed by atoms with E-state index < -0.39 is 22.7 Å². The van der Waals surface area contributed by atoms with Gasteiger partial charge in [0.05, 0.1) is 0 Å². The minimum Gasteiger partial charge on any atom is -0.321 e. The van der Waals surface area contributed by atoms with Crippen molar-refractivity contribution in [1.82, 2.24) is 15.2 Å². The Morgan fingerprint density at radius 3 is 2.58 bits per heavy atom. The Kier molecular flexibility index (Phi) is 4.60. The van der Waals surface area contributed by atoms with Crippen LogP contribution in [0, 0.1) is 6.92 Å². The van der Waals surface area contributed by atoms with Crippen molar-refractivity contribution >= 4 is 22.4 Å². The quantitative estimate of drug-likeness (QED) is 0.728. The highest BCUT2D eigenvalue weighted by molar-refractivity contribution is 7.15. The molecule has 2 N–H and O–H groups in total. The SMILES string of the molecule is Cc1cccc(-c2ccc(C(=O)Nc3nnc(C(F)(F)F)s3)c(=O)[nH]2)c1. The van der Waals surface area contributed by atoms with Gasteiger partial charge in [-0.25, -0.2) is 0 Å². The van der Waals surface area contributed by atoms with Crippen molar-refractivity contribution in [3.05, 3.63) is 62.9 Å². The van der Waals surface area contributed by atoms with Gasteiger partial charge in [-0.2, -0.15) is 13.2 Å². The van der Waals surface area contributed by atoms with Gasteiger partial charge in [-0.1, -0.05) is 35.1 Å². The van der Waals surface area contributed by atoms with E-state index >= 15 is 0 Å². The number of pyridine rings is 1. The molecule has 0 saturated carbocycles. The molecule has 1 amide bonds. The van der Waals surface area contributed by atoms with Crippen LogP contribution >= 0.6 is 11.3 Å². The van der Waals surface area contributed by atoms with E-state index in [2.05, 4.69) is 20.5 Å². The number of aromatic nitrogens is 3. The second kappa shape index (κ2) is 6.71. The molecule has 0 atom stereocenters. The molecule has 2 aromatic heterocycles. The highest BCUT2D eigenvalue weighted by Gasteiger charge is 2.35.